The standard InChI is InChI=1S/C19H22N2O5S/c1-20-16-8-7-15(11-13(16)5-10-19(20)22)27(23,24)21(2)14-6-9-17(25-3)18(12-14)26-4/h6-9,11-12H,5,10H2,1-4H3. The average Bonchev–Trinajstić information content (AvgIpc) is 2.69. The summed E-state index contributed by atoms with van der Waals surface area (Å²) in [5.41, 5.74) is 2.05. The number of hydrogen-bond donors (Lipinski definition) is 0. The van der Waals surface area contributed by atoms with Gasteiger partial charge in [0.25, 0.3) is 10.0 Å². The Balaban J connectivity index is 1.98. The first-order valence-corrected chi connectivity index (χ1v) is 9.84. The molecule has 0 radical (unpaired) electrons. The first kappa shape index (κ1) is 19.0. The fraction of sp³-hybridized carbons (Fsp3) is 0.316. The van der Waals surface area contributed by atoms with E-state index in [4.69, 9.17) is 9.47 Å². The molecule has 0 atom stereocenters. The second-order valence-corrected chi connectivity index (χ2v) is 8.22. The summed E-state index contributed by atoms with van der Waals surface area (Å²) < 4.78 is 37.8. The van der Waals surface area contributed by atoms with Crippen LogP contribution in [0.5, 0.6) is 11.5 Å². The molecule has 0 N–H and O–H groups in total. The number of hydrogen-bond acceptors (Lipinski definition) is 5. The highest BCUT2D eigenvalue weighted by atomic mass is 32.2. The van der Waals surface area contributed by atoms with Crippen LogP contribution in [-0.2, 0) is 21.2 Å². The van der Waals surface area contributed by atoms with Gasteiger partial charge in [0.05, 0.1) is 24.8 Å². The van der Waals surface area contributed by atoms with E-state index in [9.17, 15) is 13.2 Å². The molecule has 3 rings (SSSR count). The maximum Gasteiger partial charge on any atom is 0.264 e. The number of nitrogens with zero attached hydrogens (tertiary/aromatic N) is 2. The molecule has 0 aromatic heterocycles. The van der Waals surface area contributed by atoms with Gasteiger partial charge in [0.2, 0.25) is 5.91 Å². The first-order chi connectivity index (χ1) is 12.8. The highest BCUT2D eigenvalue weighted by Gasteiger charge is 2.26. The van der Waals surface area contributed by atoms with E-state index in [0.717, 1.165) is 11.3 Å². The molecule has 2 aromatic rings. The van der Waals surface area contributed by atoms with Crippen molar-refractivity contribution in [3.8, 4) is 11.5 Å². The molecule has 8 heteroatoms. The first-order valence-electron chi connectivity index (χ1n) is 8.40. The zero-order chi connectivity index (χ0) is 19.8. The van der Waals surface area contributed by atoms with E-state index in [1.807, 2.05) is 0 Å². The van der Waals surface area contributed by atoms with Crippen LogP contribution in [0.3, 0.4) is 0 Å². The van der Waals surface area contributed by atoms with Crippen molar-refractivity contribution in [1.29, 1.82) is 0 Å². The molecule has 144 valence electrons. The normalized spacial score (nSPS) is 13.9. The highest BCUT2D eigenvalue weighted by molar-refractivity contribution is 7.92. The summed E-state index contributed by atoms with van der Waals surface area (Å²) in [5.74, 6) is 0.997. The van der Waals surface area contributed by atoms with Gasteiger partial charge in [-0.25, -0.2) is 8.42 Å². The van der Waals surface area contributed by atoms with Crippen molar-refractivity contribution < 1.29 is 22.7 Å². The average molecular weight is 390 g/mol. The van der Waals surface area contributed by atoms with E-state index < -0.39 is 10.0 Å². The van der Waals surface area contributed by atoms with Gasteiger partial charge in [-0.05, 0) is 42.3 Å². The molecule has 0 saturated carbocycles. The molecule has 0 bridgehead atoms. The van der Waals surface area contributed by atoms with Crippen molar-refractivity contribution in [3.05, 3.63) is 42.0 Å². The summed E-state index contributed by atoms with van der Waals surface area (Å²) >= 11 is 0. The highest BCUT2D eigenvalue weighted by Crippen LogP contribution is 2.34. The fourth-order valence-electron chi connectivity index (χ4n) is 3.11. The number of aryl methyl sites for hydroxylation is 1. The Morgan fingerprint density at radius 1 is 1.00 bits per heavy atom. The van der Waals surface area contributed by atoms with Crippen molar-refractivity contribution in [2.75, 3.05) is 37.5 Å². The van der Waals surface area contributed by atoms with Gasteiger partial charge in [-0.15, -0.1) is 0 Å². The van der Waals surface area contributed by atoms with E-state index in [1.54, 1.807) is 42.3 Å². The largest absolute Gasteiger partial charge is 0.493 e. The van der Waals surface area contributed by atoms with Crippen LogP contribution in [0.1, 0.15) is 12.0 Å². The Morgan fingerprint density at radius 3 is 2.37 bits per heavy atom. The Kier molecular flexibility index (Phi) is 5.01. The van der Waals surface area contributed by atoms with Crippen molar-refractivity contribution in [2.24, 2.45) is 0 Å². The number of sulfonamides is 1. The molecule has 1 heterocycles. The van der Waals surface area contributed by atoms with Gasteiger partial charge in [-0.3, -0.25) is 9.10 Å². The molecule has 1 aliphatic rings. The minimum absolute atomic E-state index is 0.0283. The molecule has 0 aliphatic carbocycles. The smallest absolute Gasteiger partial charge is 0.264 e. The minimum Gasteiger partial charge on any atom is -0.493 e. The Labute approximate surface area is 159 Å². The molecule has 0 spiro atoms. The van der Waals surface area contributed by atoms with E-state index in [-0.39, 0.29) is 10.8 Å². The van der Waals surface area contributed by atoms with Crippen LogP contribution in [0.25, 0.3) is 0 Å². The van der Waals surface area contributed by atoms with Gasteiger partial charge < -0.3 is 14.4 Å². The maximum atomic E-state index is 13.1. The molecule has 0 fully saturated rings. The lowest BCUT2D eigenvalue weighted by atomic mass is 10.0. The summed E-state index contributed by atoms with van der Waals surface area (Å²) in [7, 11) is 2.44. The van der Waals surface area contributed by atoms with Crippen LogP contribution in [0.2, 0.25) is 0 Å². The predicted molar refractivity (Wildman–Crippen MR) is 103 cm³/mol. The molecule has 2 aromatic carbocycles. The molecule has 0 unspecified atom stereocenters. The second kappa shape index (κ2) is 7.11. The lowest BCUT2D eigenvalue weighted by molar-refractivity contribution is -0.118. The molecular formula is C19H22N2O5S. The summed E-state index contributed by atoms with van der Waals surface area (Å²) in [6.45, 7) is 0. The van der Waals surface area contributed by atoms with Gasteiger partial charge in [-0.2, -0.15) is 0 Å². The van der Waals surface area contributed by atoms with Crippen LogP contribution in [0.4, 0.5) is 11.4 Å². The van der Waals surface area contributed by atoms with Crippen molar-refractivity contribution >= 4 is 27.3 Å². The molecule has 1 aliphatic heterocycles. The SMILES string of the molecule is COc1ccc(N(C)S(=O)(=O)c2ccc3c(c2)CCC(=O)N3C)cc1OC. The molecule has 0 saturated heterocycles. The summed E-state index contributed by atoms with van der Waals surface area (Å²) in [6.07, 6.45) is 0.903. The van der Waals surface area contributed by atoms with Crippen LogP contribution < -0.4 is 18.7 Å². The maximum absolute atomic E-state index is 13.1. The zero-order valence-electron chi connectivity index (χ0n) is 15.7. The predicted octanol–water partition coefficient (Wildman–Crippen LogP) is 2.44. The van der Waals surface area contributed by atoms with E-state index in [0.29, 0.717) is 30.0 Å². The lowest BCUT2D eigenvalue weighted by Crippen LogP contribution is -2.31. The Bertz CT molecular complexity index is 988. The topological polar surface area (TPSA) is 76.2 Å². The number of ether oxygens (including phenoxy) is 2. The number of methoxy groups -OCH3 is 2. The summed E-state index contributed by atoms with van der Waals surface area (Å²) in [6, 6.07) is 9.78. The quantitative estimate of drug-likeness (QED) is 0.784. The number of carbonyl (C=O) groups excluding carboxylic acids is 1. The second-order valence-electron chi connectivity index (χ2n) is 6.26. The van der Waals surface area contributed by atoms with Crippen LogP contribution in [-0.4, -0.2) is 42.6 Å². The third-order valence-corrected chi connectivity index (χ3v) is 6.57. The summed E-state index contributed by atoms with van der Waals surface area (Å²) in [5, 5.41) is 0. The van der Waals surface area contributed by atoms with Gasteiger partial charge in [0, 0.05) is 32.3 Å². The molecule has 27 heavy (non-hydrogen) atoms. The number of fused-ring (bicyclic) bond motifs is 1. The Hall–Kier alpha value is -2.74. The number of amides is 1. The van der Waals surface area contributed by atoms with Crippen molar-refractivity contribution in [2.45, 2.75) is 17.7 Å². The minimum atomic E-state index is -3.77. The van der Waals surface area contributed by atoms with Crippen LogP contribution in [0, 0.1) is 0 Å². The summed E-state index contributed by atoms with van der Waals surface area (Å²) in [4.78, 5) is 13.6. The number of benzene rings is 2. The van der Waals surface area contributed by atoms with Gasteiger partial charge >= 0.3 is 0 Å². The molecule has 7 nitrogen and oxygen atoms in total. The number of carbonyl (C=O) groups is 1. The lowest BCUT2D eigenvalue weighted by Gasteiger charge is -2.27. The van der Waals surface area contributed by atoms with Crippen molar-refractivity contribution in [1.82, 2.24) is 0 Å². The van der Waals surface area contributed by atoms with Gasteiger partial charge in [0.15, 0.2) is 11.5 Å². The number of anilines is 2. The van der Waals surface area contributed by atoms with E-state index >= 15 is 0 Å². The Morgan fingerprint density at radius 2 is 1.70 bits per heavy atom. The third-order valence-electron chi connectivity index (χ3n) is 4.78. The van der Waals surface area contributed by atoms with Crippen LogP contribution >= 0.6 is 0 Å². The zero-order valence-corrected chi connectivity index (χ0v) is 16.5. The van der Waals surface area contributed by atoms with Gasteiger partial charge in [-0.1, -0.05) is 0 Å². The third kappa shape index (κ3) is 3.32. The molecule has 1 amide bonds. The fourth-order valence-corrected chi connectivity index (χ4v) is 4.35. The van der Waals surface area contributed by atoms with E-state index in [2.05, 4.69) is 0 Å². The molecular weight excluding hydrogens is 368 g/mol. The van der Waals surface area contributed by atoms with Crippen molar-refractivity contribution in [3.63, 3.8) is 0 Å². The van der Waals surface area contributed by atoms with Crippen LogP contribution in [0.15, 0.2) is 41.3 Å². The monoisotopic (exact) mass is 390 g/mol. The van der Waals surface area contributed by atoms with Gasteiger partial charge in [0.1, 0.15) is 0 Å². The van der Waals surface area contributed by atoms with E-state index in [1.165, 1.54) is 31.6 Å². The number of rotatable bonds is 5.